The topological polar surface area (TPSA) is 24.9 Å². The van der Waals surface area contributed by atoms with E-state index < -0.39 is 0 Å². The van der Waals surface area contributed by atoms with E-state index in [0.717, 1.165) is 11.4 Å². The van der Waals surface area contributed by atoms with Crippen molar-refractivity contribution in [2.45, 2.75) is 18.6 Å². The third-order valence-corrected chi connectivity index (χ3v) is 1.91. The van der Waals surface area contributed by atoms with Crippen LogP contribution in [-0.2, 0) is 4.75 Å². The highest BCUT2D eigenvalue weighted by Gasteiger charge is 2.15. The van der Waals surface area contributed by atoms with Gasteiger partial charge in [-0.15, -0.1) is 0 Å². The summed E-state index contributed by atoms with van der Waals surface area (Å²) in [7, 11) is 1.88. The van der Waals surface area contributed by atoms with Crippen LogP contribution in [0.3, 0.4) is 0 Å². The predicted molar refractivity (Wildman–Crippen MR) is 55.8 cm³/mol. The van der Waals surface area contributed by atoms with Crippen molar-refractivity contribution in [3.05, 3.63) is 24.0 Å². The summed E-state index contributed by atoms with van der Waals surface area (Å²) < 4.78 is -0.160. The minimum Gasteiger partial charge on any atom is -0.387 e. The second-order valence-electron chi connectivity index (χ2n) is 3.24. The zero-order chi connectivity index (χ0) is 9.19. The highest BCUT2D eigenvalue weighted by atomic mass is 32.1. The summed E-state index contributed by atoms with van der Waals surface area (Å²) in [5.74, 6) is 0. The lowest BCUT2D eigenvalue weighted by molar-refractivity contribution is 0.755. The lowest BCUT2D eigenvalue weighted by Crippen LogP contribution is -2.09. The normalized spacial score (nSPS) is 11.3. The second kappa shape index (κ2) is 3.35. The van der Waals surface area contributed by atoms with Gasteiger partial charge in [0.15, 0.2) is 0 Å². The number of aromatic nitrogens is 1. The molecule has 3 heteroatoms. The molecule has 0 radical (unpaired) electrons. The van der Waals surface area contributed by atoms with E-state index in [1.54, 1.807) is 0 Å². The quantitative estimate of drug-likeness (QED) is 0.686. The maximum Gasteiger partial charge on any atom is 0.0557 e. The van der Waals surface area contributed by atoms with Crippen LogP contribution in [-0.4, -0.2) is 12.0 Å². The lowest BCUT2D eigenvalue weighted by atomic mass is 10.1. The number of anilines is 1. The van der Waals surface area contributed by atoms with E-state index in [1.807, 2.05) is 39.2 Å². The zero-order valence-electron chi connectivity index (χ0n) is 7.63. The smallest absolute Gasteiger partial charge is 0.0557 e. The lowest BCUT2D eigenvalue weighted by Gasteiger charge is -2.16. The van der Waals surface area contributed by atoms with Crippen molar-refractivity contribution in [1.82, 2.24) is 4.98 Å². The van der Waals surface area contributed by atoms with Gasteiger partial charge in [0.1, 0.15) is 0 Å². The Hall–Kier alpha value is -0.700. The highest BCUT2D eigenvalue weighted by Crippen LogP contribution is 2.25. The van der Waals surface area contributed by atoms with Crippen LogP contribution in [0.5, 0.6) is 0 Å². The van der Waals surface area contributed by atoms with Crippen LogP contribution in [0.4, 0.5) is 5.69 Å². The Morgan fingerprint density at radius 3 is 2.42 bits per heavy atom. The molecule has 1 N–H and O–H groups in total. The molecule has 2 nitrogen and oxygen atoms in total. The Labute approximate surface area is 78.8 Å². The minimum atomic E-state index is -0.160. The monoisotopic (exact) mass is 182 g/mol. The van der Waals surface area contributed by atoms with E-state index in [0.29, 0.717) is 0 Å². The maximum absolute atomic E-state index is 4.42. The molecule has 1 heterocycles. The van der Waals surface area contributed by atoms with Crippen molar-refractivity contribution < 1.29 is 0 Å². The Bertz CT molecular complexity index is 248. The van der Waals surface area contributed by atoms with Crippen LogP contribution in [0.2, 0.25) is 0 Å². The van der Waals surface area contributed by atoms with Gasteiger partial charge in [0.25, 0.3) is 0 Å². The van der Waals surface area contributed by atoms with Crippen LogP contribution < -0.4 is 5.32 Å². The second-order valence-corrected chi connectivity index (χ2v) is 4.36. The molecular formula is C9H14N2S. The predicted octanol–water partition coefficient (Wildman–Crippen LogP) is 2.29. The van der Waals surface area contributed by atoms with Gasteiger partial charge in [-0.25, -0.2) is 0 Å². The van der Waals surface area contributed by atoms with E-state index in [4.69, 9.17) is 0 Å². The molecule has 66 valence electrons. The maximum atomic E-state index is 4.42. The van der Waals surface area contributed by atoms with Crippen molar-refractivity contribution in [2.24, 2.45) is 0 Å². The first-order valence-electron chi connectivity index (χ1n) is 3.90. The van der Waals surface area contributed by atoms with E-state index in [1.165, 1.54) is 0 Å². The summed E-state index contributed by atoms with van der Waals surface area (Å²) >= 11 is 4.42. The SMILES string of the molecule is CNc1ccc(C(C)(C)S)nc1. The van der Waals surface area contributed by atoms with Crippen molar-refractivity contribution in [2.75, 3.05) is 12.4 Å². The molecule has 12 heavy (non-hydrogen) atoms. The average molecular weight is 182 g/mol. The van der Waals surface area contributed by atoms with Crippen LogP contribution in [0.25, 0.3) is 0 Å². The number of hydrogen-bond acceptors (Lipinski definition) is 3. The molecule has 0 atom stereocenters. The average Bonchev–Trinajstić information content (AvgIpc) is 2.03. The molecule has 1 aromatic rings. The summed E-state index contributed by atoms with van der Waals surface area (Å²) in [5.41, 5.74) is 2.01. The third-order valence-electron chi connectivity index (χ3n) is 1.68. The van der Waals surface area contributed by atoms with Crippen molar-refractivity contribution in [3.8, 4) is 0 Å². The first-order chi connectivity index (χ1) is 5.54. The molecule has 0 aliphatic carbocycles. The molecule has 0 aromatic carbocycles. The van der Waals surface area contributed by atoms with Crippen molar-refractivity contribution >= 4 is 18.3 Å². The van der Waals surface area contributed by atoms with Gasteiger partial charge in [0, 0.05) is 11.8 Å². The number of thiol groups is 1. The number of nitrogens with zero attached hydrogens (tertiary/aromatic N) is 1. The van der Waals surface area contributed by atoms with Crippen molar-refractivity contribution in [1.29, 1.82) is 0 Å². The largest absolute Gasteiger partial charge is 0.387 e. The van der Waals surface area contributed by atoms with Gasteiger partial charge < -0.3 is 5.32 Å². The molecular weight excluding hydrogens is 168 g/mol. The molecule has 0 spiro atoms. The van der Waals surface area contributed by atoms with E-state index in [-0.39, 0.29) is 4.75 Å². The van der Waals surface area contributed by atoms with Crippen molar-refractivity contribution in [3.63, 3.8) is 0 Å². The zero-order valence-corrected chi connectivity index (χ0v) is 8.52. The van der Waals surface area contributed by atoms with Gasteiger partial charge in [-0.1, -0.05) is 0 Å². The van der Waals surface area contributed by atoms with Crippen LogP contribution in [0.1, 0.15) is 19.5 Å². The molecule has 1 aromatic heterocycles. The molecule has 0 amide bonds. The van der Waals surface area contributed by atoms with Gasteiger partial charge in [0.2, 0.25) is 0 Å². The fourth-order valence-electron chi connectivity index (χ4n) is 0.904. The Morgan fingerprint density at radius 2 is 2.08 bits per heavy atom. The molecule has 0 aliphatic heterocycles. The van der Waals surface area contributed by atoms with Gasteiger partial charge in [-0.3, -0.25) is 4.98 Å². The summed E-state index contributed by atoms with van der Waals surface area (Å²) in [4.78, 5) is 4.28. The number of hydrogen-bond donors (Lipinski definition) is 2. The van der Waals surface area contributed by atoms with Gasteiger partial charge in [-0.2, -0.15) is 12.6 Å². The number of nitrogens with one attached hydrogen (secondary N) is 1. The fourth-order valence-corrected chi connectivity index (χ4v) is 1.04. The van der Waals surface area contributed by atoms with Gasteiger partial charge >= 0.3 is 0 Å². The molecule has 0 saturated carbocycles. The molecule has 0 unspecified atom stereocenters. The summed E-state index contributed by atoms with van der Waals surface area (Å²) in [6, 6.07) is 3.99. The third kappa shape index (κ3) is 2.14. The van der Waals surface area contributed by atoms with Crippen LogP contribution in [0.15, 0.2) is 18.3 Å². The Morgan fingerprint density at radius 1 is 1.42 bits per heavy atom. The van der Waals surface area contributed by atoms with E-state index in [9.17, 15) is 0 Å². The standard InChI is InChI=1S/C9H14N2S/c1-9(2,12)8-5-4-7(10-3)6-11-8/h4-6,10,12H,1-3H3. The van der Waals surface area contributed by atoms with E-state index in [2.05, 4.69) is 22.9 Å². The summed E-state index contributed by atoms with van der Waals surface area (Å²) in [6.45, 7) is 4.05. The van der Waals surface area contributed by atoms with Gasteiger partial charge in [-0.05, 0) is 26.0 Å². The molecule has 0 saturated heterocycles. The van der Waals surface area contributed by atoms with Crippen LogP contribution >= 0.6 is 12.6 Å². The minimum absolute atomic E-state index is 0.160. The molecule has 0 aliphatic rings. The fraction of sp³-hybridized carbons (Fsp3) is 0.444. The van der Waals surface area contributed by atoms with E-state index >= 15 is 0 Å². The van der Waals surface area contributed by atoms with Crippen LogP contribution in [0, 0.1) is 0 Å². The Kier molecular flexibility index (Phi) is 2.62. The Balaban J connectivity index is 2.93. The number of pyridine rings is 1. The first kappa shape index (κ1) is 9.39. The first-order valence-corrected chi connectivity index (χ1v) is 4.35. The number of rotatable bonds is 2. The molecule has 1 rings (SSSR count). The summed E-state index contributed by atoms with van der Waals surface area (Å²) in [5, 5.41) is 3.02. The molecule has 0 bridgehead atoms. The highest BCUT2D eigenvalue weighted by molar-refractivity contribution is 7.81. The van der Waals surface area contributed by atoms with Gasteiger partial charge in [0.05, 0.1) is 17.6 Å². The molecule has 0 fully saturated rings. The summed E-state index contributed by atoms with van der Waals surface area (Å²) in [6.07, 6.45) is 1.81.